The van der Waals surface area contributed by atoms with Crippen molar-refractivity contribution in [3.8, 4) is 0 Å². The maximum atomic E-state index is 12.5. The summed E-state index contributed by atoms with van der Waals surface area (Å²) in [6.45, 7) is 0.733. The van der Waals surface area contributed by atoms with E-state index in [1.54, 1.807) is 25.4 Å². The summed E-state index contributed by atoms with van der Waals surface area (Å²) in [7, 11) is 1.67. The zero-order chi connectivity index (χ0) is 16.2. The molecular weight excluding hydrogens is 290 g/mol. The summed E-state index contributed by atoms with van der Waals surface area (Å²) in [6, 6.07) is 13.6. The highest BCUT2D eigenvalue weighted by Gasteiger charge is 2.29. The number of amides is 2. The summed E-state index contributed by atoms with van der Waals surface area (Å²) in [5.74, 6) is 0. The Bertz CT molecular complexity index is 739. The van der Waals surface area contributed by atoms with Gasteiger partial charge >= 0.3 is 6.03 Å². The molecule has 120 valence electrons. The second-order valence-electron chi connectivity index (χ2n) is 5.95. The molecule has 5 nitrogen and oxygen atoms in total. The predicted molar refractivity (Wildman–Crippen MR) is 90.6 cm³/mol. The van der Waals surface area contributed by atoms with Crippen molar-refractivity contribution in [2.75, 3.05) is 11.9 Å². The van der Waals surface area contributed by atoms with Crippen molar-refractivity contribution >= 4 is 11.7 Å². The van der Waals surface area contributed by atoms with Gasteiger partial charge in [-0.25, -0.2) is 4.79 Å². The third-order valence-corrected chi connectivity index (χ3v) is 4.32. The van der Waals surface area contributed by atoms with Crippen molar-refractivity contribution in [1.82, 2.24) is 9.47 Å². The fourth-order valence-corrected chi connectivity index (χ4v) is 3.08. The van der Waals surface area contributed by atoms with Crippen LogP contribution in [-0.4, -0.2) is 28.1 Å². The van der Waals surface area contributed by atoms with Crippen LogP contribution >= 0.6 is 0 Å². The number of likely N-dealkylation sites (tertiary alicyclic amines) is 1. The number of urea groups is 1. The van der Waals surface area contributed by atoms with Crippen LogP contribution in [0, 0.1) is 0 Å². The molecule has 0 spiro atoms. The minimum Gasteiger partial charge on any atom is -0.321 e. The number of rotatable bonds is 3. The Morgan fingerprint density at radius 2 is 2.00 bits per heavy atom. The van der Waals surface area contributed by atoms with Gasteiger partial charge in [0.05, 0.1) is 0 Å². The molecule has 1 fully saturated rings. The van der Waals surface area contributed by atoms with Gasteiger partial charge in [-0.15, -0.1) is 0 Å². The van der Waals surface area contributed by atoms with Gasteiger partial charge in [0, 0.05) is 25.8 Å². The Morgan fingerprint density at radius 1 is 1.22 bits per heavy atom. The van der Waals surface area contributed by atoms with Crippen molar-refractivity contribution in [3.05, 3.63) is 64.6 Å². The summed E-state index contributed by atoms with van der Waals surface area (Å²) >= 11 is 0. The highest BCUT2D eigenvalue weighted by atomic mass is 16.2. The average molecular weight is 311 g/mol. The van der Waals surface area contributed by atoms with Crippen LogP contribution in [0.4, 0.5) is 10.5 Å². The van der Waals surface area contributed by atoms with Crippen molar-refractivity contribution in [2.24, 2.45) is 7.05 Å². The van der Waals surface area contributed by atoms with Crippen LogP contribution in [0.1, 0.15) is 18.4 Å². The van der Waals surface area contributed by atoms with Crippen molar-refractivity contribution < 1.29 is 4.79 Å². The molecule has 1 atom stereocenters. The highest BCUT2D eigenvalue weighted by Crippen LogP contribution is 2.22. The van der Waals surface area contributed by atoms with Crippen molar-refractivity contribution in [2.45, 2.75) is 25.3 Å². The van der Waals surface area contributed by atoms with Gasteiger partial charge in [-0.05, 0) is 37.0 Å². The van der Waals surface area contributed by atoms with E-state index in [0.717, 1.165) is 25.8 Å². The number of hydrogen-bond donors (Lipinski definition) is 1. The number of pyridine rings is 1. The molecule has 5 heteroatoms. The maximum absolute atomic E-state index is 12.5. The molecule has 2 heterocycles. The molecule has 0 bridgehead atoms. The van der Waals surface area contributed by atoms with Crippen LogP contribution in [0.25, 0.3) is 0 Å². The van der Waals surface area contributed by atoms with Crippen LogP contribution < -0.4 is 10.9 Å². The van der Waals surface area contributed by atoms with E-state index in [9.17, 15) is 9.59 Å². The normalized spacial score (nSPS) is 17.3. The first-order chi connectivity index (χ1) is 11.1. The van der Waals surface area contributed by atoms with E-state index in [1.165, 1.54) is 10.1 Å². The molecule has 2 amide bonds. The Kier molecular flexibility index (Phi) is 4.46. The van der Waals surface area contributed by atoms with Gasteiger partial charge in [-0.2, -0.15) is 0 Å². The molecule has 23 heavy (non-hydrogen) atoms. The quantitative estimate of drug-likeness (QED) is 0.947. The summed E-state index contributed by atoms with van der Waals surface area (Å²) in [5, 5.41) is 2.76. The fraction of sp³-hybridized carbons (Fsp3) is 0.333. The molecule has 1 aromatic carbocycles. The number of nitrogens with zero attached hydrogens (tertiary/aromatic N) is 2. The van der Waals surface area contributed by atoms with Crippen molar-refractivity contribution in [1.29, 1.82) is 0 Å². The predicted octanol–water partition coefficient (Wildman–Crippen LogP) is 2.62. The lowest BCUT2D eigenvalue weighted by atomic mass is 10.0. The number of anilines is 1. The molecule has 1 aliphatic heterocycles. The SMILES string of the molecule is Cn1cccc(NC(=O)N2CCCC2Cc2ccccc2)c1=O. The molecular formula is C18H21N3O2. The van der Waals surface area contributed by atoms with Crippen LogP contribution in [0.2, 0.25) is 0 Å². The smallest absolute Gasteiger partial charge is 0.321 e. The standard InChI is InChI=1S/C18H21N3O2/c1-20-11-6-10-16(17(20)22)19-18(23)21-12-5-9-15(21)13-14-7-3-2-4-8-14/h2-4,6-8,10-11,15H,5,9,12-13H2,1H3,(H,19,23). The first-order valence-corrected chi connectivity index (χ1v) is 7.92. The summed E-state index contributed by atoms with van der Waals surface area (Å²) in [5.41, 5.74) is 1.36. The molecule has 0 aliphatic carbocycles. The fourth-order valence-electron chi connectivity index (χ4n) is 3.08. The van der Waals surface area contributed by atoms with E-state index in [-0.39, 0.29) is 17.6 Å². The maximum Gasteiger partial charge on any atom is 0.322 e. The monoisotopic (exact) mass is 311 g/mol. The second kappa shape index (κ2) is 6.69. The largest absolute Gasteiger partial charge is 0.322 e. The zero-order valence-corrected chi connectivity index (χ0v) is 13.2. The molecule has 1 saturated heterocycles. The second-order valence-corrected chi connectivity index (χ2v) is 5.95. The summed E-state index contributed by atoms with van der Waals surface area (Å²) in [4.78, 5) is 26.4. The Balaban J connectivity index is 1.71. The third kappa shape index (κ3) is 3.44. The average Bonchev–Trinajstić information content (AvgIpc) is 3.01. The first-order valence-electron chi connectivity index (χ1n) is 7.92. The van der Waals surface area contributed by atoms with E-state index >= 15 is 0 Å². The number of carbonyl (C=O) groups is 1. The van der Waals surface area contributed by atoms with E-state index in [0.29, 0.717) is 5.69 Å². The topological polar surface area (TPSA) is 54.3 Å². The van der Waals surface area contributed by atoms with Gasteiger partial charge in [-0.1, -0.05) is 30.3 Å². The molecule has 1 aromatic heterocycles. The lowest BCUT2D eigenvalue weighted by Gasteiger charge is -2.25. The van der Waals surface area contributed by atoms with Gasteiger partial charge in [0.15, 0.2) is 0 Å². The molecule has 1 aliphatic rings. The molecule has 1 N–H and O–H groups in total. The van der Waals surface area contributed by atoms with Crippen LogP contribution in [0.3, 0.4) is 0 Å². The molecule has 0 saturated carbocycles. The van der Waals surface area contributed by atoms with E-state index in [4.69, 9.17) is 0 Å². The van der Waals surface area contributed by atoms with Gasteiger partial charge in [-0.3, -0.25) is 4.79 Å². The number of nitrogens with one attached hydrogen (secondary N) is 1. The molecule has 3 rings (SSSR count). The number of aryl methyl sites for hydroxylation is 1. The number of carbonyl (C=O) groups excluding carboxylic acids is 1. The number of aromatic nitrogens is 1. The highest BCUT2D eigenvalue weighted by molar-refractivity contribution is 5.89. The van der Waals surface area contributed by atoms with Crippen molar-refractivity contribution in [3.63, 3.8) is 0 Å². The van der Waals surface area contributed by atoms with Gasteiger partial charge in [0.2, 0.25) is 0 Å². The minimum absolute atomic E-state index is 0.185. The third-order valence-electron chi connectivity index (χ3n) is 4.32. The molecule has 0 radical (unpaired) electrons. The molecule has 2 aromatic rings. The van der Waals surface area contributed by atoms with E-state index in [2.05, 4.69) is 17.4 Å². The van der Waals surface area contributed by atoms with Crippen LogP contribution in [0.5, 0.6) is 0 Å². The van der Waals surface area contributed by atoms with Gasteiger partial charge < -0.3 is 14.8 Å². The molecule has 1 unspecified atom stereocenters. The lowest BCUT2D eigenvalue weighted by molar-refractivity contribution is 0.206. The van der Waals surface area contributed by atoms with E-state index < -0.39 is 0 Å². The summed E-state index contributed by atoms with van der Waals surface area (Å²) in [6.07, 6.45) is 4.51. The van der Waals surface area contributed by atoms with Gasteiger partial charge in [0.1, 0.15) is 5.69 Å². The Labute approximate surface area is 135 Å². The number of benzene rings is 1. The van der Waals surface area contributed by atoms with Gasteiger partial charge in [0.25, 0.3) is 5.56 Å². The number of hydrogen-bond acceptors (Lipinski definition) is 2. The van der Waals surface area contributed by atoms with Crippen LogP contribution in [-0.2, 0) is 13.5 Å². The lowest BCUT2D eigenvalue weighted by Crippen LogP contribution is -2.41. The summed E-state index contributed by atoms with van der Waals surface area (Å²) < 4.78 is 1.46. The minimum atomic E-state index is -0.195. The zero-order valence-electron chi connectivity index (χ0n) is 13.2. The Hall–Kier alpha value is -2.56. The first kappa shape index (κ1) is 15.3. The van der Waals surface area contributed by atoms with Crippen LogP contribution in [0.15, 0.2) is 53.5 Å². The van der Waals surface area contributed by atoms with E-state index in [1.807, 2.05) is 23.1 Å². The Morgan fingerprint density at radius 3 is 2.78 bits per heavy atom.